The van der Waals surface area contributed by atoms with Crippen LogP contribution in [0.1, 0.15) is 42.5 Å². The number of aromatic nitrogens is 3. The topological polar surface area (TPSA) is 138 Å². The summed E-state index contributed by atoms with van der Waals surface area (Å²) in [7, 11) is -3.89. The lowest BCUT2D eigenvalue weighted by atomic mass is 9.96. The maximum atomic E-state index is 12.5. The number of carbonyl (C=O) groups excluding carboxylic acids is 1. The Morgan fingerprint density at radius 3 is 2.50 bits per heavy atom. The van der Waals surface area contributed by atoms with E-state index in [9.17, 15) is 18.5 Å². The highest BCUT2D eigenvalue weighted by atomic mass is 35.5. The molecule has 0 atom stereocenters. The van der Waals surface area contributed by atoms with Crippen LogP contribution in [0, 0.1) is 11.3 Å². The van der Waals surface area contributed by atoms with Gasteiger partial charge in [0.25, 0.3) is 10.0 Å². The van der Waals surface area contributed by atoms with Crippen molar-refractivity contribution in [3.63, 3.8) is 0 Å². The number of fused-ring (bicyclic) bond motifs is 1. The number of amides is 1. The Balaban J connectivity index is 1.37. The molecule has 36 heavy (non-hydrogen) atoms. The van der Waals surface area contributed by atoms with Crippen molar-refractivity contribution in [2.24, 2.45) is 0 Å². The van der Waals surface area contributed by atoms with Crippen LogP contribution in [0.5, 0.6) is 0 Å². The van der Waals surface area contributed by atoms with Crippen LogP contribution in [0.2, 0.25) is 5.15 Å². The van der Waals surface area contributed by atoms with Crippen LogP contribution < -0.4 is 10.0 Å². The van der Waals surface area contributed by atoms with Crippen LogP contribution in [-0.4, -0.2) is 35.3 Å². The number of rotatable bonds is 7. The summed E-state index contributed by atoms with van der Waals surface area (Å²) in [5.41, 5.74) is 3.08. The van der Waals surface area contributed by atoms with Crippen LogP contribution >= 0.6 is 23.4 Å². The lowest BCUT2D eigenvalue weighted by molar-refractivity contribution is -0.113. The molecular formula is C24H23ClN6O3S2. The summed E-state index contributed by atoms with van der Waals surface area (Å²) in [6.07, 6.45) is 6.35. The first-order valence-electron chi connectivity index (χ1n) is 11.3. The molecule has 2 N–H and O–H groups in total. The summed E-state index contributed by atoms with van der Waals surface area (Å²) in [6.45, 7) is 0. The van der Waals surface area contributed by atoms with Crippen molar-refractivity contribution < 1.29 is 13.2 Å². The first-order chi connectivity index (χ1) is 17.3. The molecule has 0 fully saturated rings. The average molecular weight is 543 g/mol. The van der Waals surface area contributed by atoms with Crippen molar-refractivity contribution in [2.45, 2.75) is 48.4 Å². The number of nitriles is 1. The van der Waals surface area contributed by atoms with Crippen molar-refractivity contribution in [2.75, 3.05) is 15.8 Å². The first kappa shape index (κ1) is 25.9. The molecule has 2 heterocycles. The molecule has 186 valence electrons. The number of hydrogen-bond donors (Lipinski definition) is 2. The molecule has 0 saturated heterocycles. The van der Waals surface area contributed by atoms with Gasteiger partial charge in [0.2, 0.25) is 5.91 Å². The second-order valence-electron chi connectivity index (χ2n) is 8.18. The van der Waals surface area contributed by atoms with E-state index >= 15 is 0 Å². The zero-order valence-corrected chi connectivity index (χ0v) is 21.6. The number of carbonyl (C=O) groups is 1. The normalized spacial score (nSPS) is 13.6. The van der Waals surface area contributed by atoms with Crippen molar-refractivity contribution in [3.05, 3.63) is 64.4 Å². The van der Waals surface area contributed by atoms with E-state index in [-0.39, 0.29) is 27.5 Å². The van der Waals surface area contributed by atoms with Gasteiger partial charge >= 0.3 is 0 Å². The van der Waals surface area contributed by atoms with E-state index in [1.54, 1.807) is 0 Å². The van der Waals surface area contributed by atoms with Gasteiger partial charge in [-0.05, 0) is 73.7 Å². The van der Waals surface area contributed by atoms with Crippen molar-refractivity contribution in [1.82, 2.24) is 15.2 Å². The fourth-order valence-electron chi connectivity index (χ4n) is 3.77. The van der Waals surface area contributed by atoms with Crippen molar-refractivity contribution >= 4 is 50.8 Å². The van der Waals surface area contributed by atoms with Crippen molar-refractivity contribution in [3.8, 4) is 6.07 Å². The minimum atomic E-state index is -3.89. The van der Waals surface area contributed by atoms with Gasteiger partial charge in [-0.15, -0.1) is 10.2 Å². The van der Waals surface area contributed by atoms with Gasteiger partial charge in [0.1, 0.15) is 11.1 Å². The van der Waals surface area contributed by atoms with E-state index in [2.05, 4.69) is 26.3 Å². The molecule has 0 saturated carbocycles. The van der Waals surface area contributed by atoms with E-state index in [1.165, 1.54) is 61.0 Å². The zero-order valence-electron chi connectivity index (χ0n) is 19.2. The van der Waals surface area contributed by atoms with Gasteiger partial charge in [-0.25, -0.2) is 13.4 Å². The molecule has 9 nitrogen and oxygen atoms in total. The number of thioether (sulfide) groups is 1. The van der Waals surface area contributed by atoms with Gasteiger partial charge in [0, 0.05) is 11.4 Å². The zero-order chi connectivity index (χ0) is 25.5. The molecule has 1 aromatic carbocycles. The second-order valence-corrected chi connectivity index (χ2v) is 11.2. The Hall–Kier alpha value is -3.20. The van der Waals surface area contributed by atoms with Crippen LogP contribution in [0.25, 0.3) is 0 Å². The highest BCUT2D eigenvalue weighted by molar-refractivity contribution is 8.00. The van der Waals surface area contributed by atoms with Crippen LogP contribution in [0.4, 0.5) is 11.5 Å². The molecule has 12 heteroatoms. The molecule has 4 rings (SSSR count). The largest absolute Gasteiger partial charge is 0.325 e. The predicted molar refractivity (Wildman–Crippen MR) is 138 cm³/mol. The SMILES string of the molecule is N#Cc1cc2c(nc1SCC(=O)Nc1ccc(S(=O)(=O)Nc3ccc(Cl)nn3)cc1)CCCCCC2. The number of nitrogens with zero attached hydrogens (tertiary/aromatic N) is 4. The predicted octanol–water partition coefficient (Wildman–Crippen LogP) is 4.59. The number of pyridine rings is 1. The molecular weight excluding hydrogens is 520 g/mol. The third-order valence-electron chi connectivity index (χ3n) is 5.55. The summed E-state index contributed by atoms with van der Waals surface area (Å²) < 4.78 is 27.4. The fourth-order valence-corrected chi connectivity index (χ4v) is 5.65. The van der Waals surface area contributed by atoms with Crippen molar-refractivity contribution in [1.29, 1.82) is 5.26 Å². The van der Waals surface area contributed by atoms with E-state index < -0.39 is 10.0 Å². The fraction of sp³-hybridized carbons (Fsp3) is 0.292. The Bertz CT molecular complexity index is 1390. The minimum Gasteiger partial charge on any atom is -0.325 e. The molecule has 1 amide bonds. The van der Waals surface area contributed by atoms with Gasteiger partial charge in [-0.1, -0.05) is 36.2 Å². The van der Waals surface area contributed by atoms with Gasteiger partial charge in [-0.2, -0.15) is 5.26 Å². The molecule has 0 aliphatic heterocycles. The Labute approximate surface area is 218 Å². The molecule has 1 aliphatic carbocycles. The van der Waals surface area contributed by atoms with Gasteiger partial charge in [-0.3, -0.25) is 9.52 Å². The number of anilines is 2. The minimum absolute atomic E-state index is 0.00439. The Morgan fingerprint density at radius 1 is 1.06 bits per heavy atom. The first-order valence-corrected chi connectivity index (χ1v) is 14.2. The molecule has 0 unspecified atom stereocenters. The summed E-state index contributed by atoms with van der Waals surface area (Å²) >= 11 is 6.89. The number of aryl methyl sites for hydroxylation is 2. The van der Waals surface area contributed by atoms with E-state index in [0.29, 0.717) is 16.3 Å². The third kappa shape index (κ3) is 6.72. The lowest BCUT2D eigenvalue weighted by Crippen LogP contribution is -2.16. The number of benzene rings is 1. The quantitative estimate of drug-likeness (QED) is 0.413. The van der Waals surface area contributed by atoms with Crippen LogP contribution in [-0.2, 0) is 27.7 Å². The lowest BCUT2D eigenvalue weighted by Gasteiger charge is -2.15. The van der Waals surface area contributed by atoms with Gasteiger partial charge in [0.05, 0.1) is 16.2 Å². The molecule has 2 aromatic heterocycles. The third-order valence-corrected chi connectivity index (χ3v) is 8.11. The van der Waals surface area contributed by atoms with E-state index in [0.717, 1.165) is 36.9 Å². The summed E-state index contributed by atoms with van der Waals surface area (Å²) in [5.74, 6) is -0.188. The molecule has 0 spiro atoms. The van der Waals surface area contributed by atoms with Crippen LogP contribution in [0.3, 0.4) is 0 Å². The Kier molecular flexibility index (Phi) is 8.40. The standard InChI is InChI=1S/C24H23ClN6O3S2/c25-21-11-12-22(30-29-21)31-36(33,34)19-9-7-18(8-10-19)27-23(32)15-35-24-17(14-26)13-16-5-3-1-2-4-6-20(16)28-24/h7-13H,1-6,15H2,(H,27,32)(H,30,31). The van der Waals surface area contributed by atoms with Gasteiger partial charge < -0.3 is 5.32 Å². The van der Waals surface area contributed by atoms with E-state index in [1.807, 2.05) is 6.07 Å². The molecule has 1 aliphatic rings. The monoisotopic (exact) mass is 542 g/mol. The smallest absolute Gasteiger partial charge is 0.263 e. The maximum absolute atomic E-state index is 12.5. The molecule has 0 radical (unpaired) electrons. The van der Waals surface area contributed by atoms with Gasteiger partial charge in [0.15, 0.2) is 11.0 Å². The summed E-state index contributed by atoms with van der Waals surface area (Å²) in [6, 6.07) is 12.7. The number of halogens is 1. The molecule has 3 aromatic rings. The summed E-state index contributed by atoms with van der Waals surface area (Å²) in [4.78, 5) is 17.2. The Morgan fingerprint density at radius 2 is 1.81 bits per heavy atom. The number of nitrogens with one attached hydrogen (secondary N) is 2. The van der Waals surface area contributed by atoms with E-state index in [4.69, 9.17) is 16.6 Å². The second kappa shape index (κ2) is 11.7. The number of hydrogen-bond acceptors (Lipinski definition) is 8. The highest BCUT2D eigenvalue weighted by Crippen LogP contribution is 2.27. The van der Waals surface area contributed by atoms with Crippen LogP contribution in [0.15, 0.2) is 52.4 Å². The summed E-state index contributed by atoms with van der Waals surface area (Å²) in [5, 5.41) is 20.3. The average Bonchev–Trinajstić information content (AvgIpc) is 2.85. The maximum Gasteiger partial charge on any atom is 0.263 e. The highest BCUT2D eigenvalue weighted by Gasteiger charge is 2.17. The number of sulfonamides is 1. The molecule has 0 bridgehead atoms.